The van der Waals surface area contributed by atoms with Crippen LogP contribution in [0, 0.1) is 0 Å². The number of sulfone groups is 2. The number of hydrogen-bond donors (Lipinski definition) is 8. The van der Waals surface area contributed by atoms with E-state index in [9.17, 15) is 61.1 Å². The maximum absolute atomic E-state index is 13.2. The van der Waals surface area contributed by atoms with Crippen LogP contribution in [0.4, 0.5) is 34.1 Å². The molecule has 8 N–H and O–H groups in total. The number of aromatic hydroxyl groups is 1. The van der Waals surface area contributed by atoms with Gasteiger partial charge in [-0.2, -0.15) is 30.4 Å². The predicted molar refractivity (Wildman–Crippen MR) is 242 cm³/mol. The number of nitrogens with zero attached hydrogens (tertiary/aromatic N) is 4. The number of fused-ring (bicyclic) bond motifs is 1. The number of azo groups is 2. The molecule has 0 aliphatic carbocycles. The van der Waals surface area contributed by atoms with E-state index in [2.05, 4.69) is 54.0 Å². The van der Waals surface area contributed by atoms with E-state index in [-0.39, 0.29) is 74.3 Å². The van der Waals surface area contributed by atoms with Crippen LogP contribution in [0.2, 0.25) is 0 Å². The Bertz CT molecular complexity index is 3380. The van der Waals surface area contributed by atoms with Gasteiger partial charge >= 0.3 is 10.4 Å². The van der Waals surface area contributed by atoms with Gasteiger partial charge in [0.15, 0.2) is 37.7 Å². The van der Waals surface area contributed by atoms with E-state index < -0.39 is 113 Å². The lowest BCUT2D eigenvalue weighted by atomic mass is 10.1. The van der Waals surface area contributed by atoms with Crippen LogP contribution in [0.1, 0.15) is 10.4 Å². The molecule has 36 heteroatoms. The van der Waals surface area contributed by atoms with E-state index in [4.69, 9.17) is 19.3 Å². The van der Waals surface area contributed by atoms with Gasteiger partial charge in [-0.05, 0) is 78.9 Å². The lowest BCUT2D eigenvalue weighted by molar-refractivity contribution is -0.434. The maximum Gasteiger partial charge on any atom is 0.397 e. The number of phenolic OH excluding ortho intramolecular Hbond substituents is 1. The van der Waals surface area contributed by atoms with E-state index in [0.717, 1.165) is 24.3 Å². The summed E-state index contributed by atoms with van der Waals surface area (Å²) in [4.78, 5) is 11.4. The van der Waals surface area contributed by atoms with Crippen LogP contribution in [0.15, 0.2) is 125 Å². The van der Waals surface area contributed by atoms with Crippen molar-refractivity contribution < 1.29 is 103 Å². The van der Waals surface area contributed by atoms with Crippen molar-refractivity contribution in [2.75, 3.05) is 41.2 Å². The molecule has 5 aromatic rings. The molecule has 0 spiro atoms. The fourth-order valence-corrected chi connectivity index (χ4v) is 9.99. The highest BCUT2D eigenvalue weighted by atomic mass is 32.3. The molecule has 0 unspecified atom stereocenters. The molecule has 0 aliphatic rings. The Morgan fingerprint density at radius 1 is 0.671 bits per heavy atom. The third-order valence-electron chi connectivity index (χ3n) is 8.60. The number of phenols is 1. The summed E-state index contributed by atoms with van der Waals surface area (Å²) in [5.74, 6) is -4.24. The Hall–Kier alpha value is -5.36. The minimum atomic E-state index is -5.23. The van der Waals surface area contributed by atoms with Gasteiger partial charge in [0.1, 0.15) is 27.8 Å². The molecule has 70 heavy (non-hydrogen) atoms. The Morgan fingerprint density at radius 2 is 1.34 bits per heavy atom. The molecular formula is C34H32N6O23S7. The average Bonchev–Trinajstić information content (AvgIpc) is 3.28. The molecule has 5 aromatic carbocycles. The van der Waals surface area contributed by atoms with Gasteiger partial charge in [-0.3, -0.25) is 22.6 Å². The Labute approximate surface area is 404 Å². The number of hydrogen-bond acceptors (Lipinski definition) is 27. The standard InChI is InChI=1S/C34H32N6O23S7/c41-33-25-9-11-28(35-19-68(49,50)51)31(39-37-21-5-7-23(8-6-21)66(45,46)14-12-58-65-63-61-44)26(25)18-29(64-62-60-43)32(33)40-38-27-10-4-20(16-30(27)69(52,53)54)34(42)36-22-2-1-3-24(17-22)67(47,48)15-13-59-70(55,56)57/h1-11,16-18,35,41,43-44H,12-15,19H2,(H,36,42)(H,49,50,51)(H,52,53,54)(H,55,56,57). The van der Waals surface area contributed by atoms with E-state index in [1.54, 1.807) is 0 Å². The summed E-state index contributed by atoms with van der Waals surface area (Å²) in [6.45, 7) is -1.30. The van der Waals surface area contributed by atoms with Crippen molar-refractivity contribution in [1.82, 2.24) is 0 Å². The normalized spacial score (nSPS) is 12.8. The quantitative estimate of drug-likeness (QED) is 0.00838. The highest BCUT2D eigenvalue weighted by Gasteiger charge is 2.24. The molecule has 378 valence electrons. The fraction of sp³-hybridized carbons (Fsp3) is 0.147. The van der Waals surface area contributed by atoms with E-state index in [1.807, 2.05) is 0 Å². The van der Waals surface area contributed by atoms with Gasteiger partial charge in [-0.25, -0.2) is 31.5 Å². The average molecular weight is 1120 g/mol. The lowest BCUT2D eigenvalue weighted by Crippen LogP contribution is -2.16. The summed E-state index contributed by atoms with van der Waals surface area (Å²) in [6.07, 6.45) is 0. The minimum Gasteiger partial charge on any atom is -0.505 e. The number of anilines is 2. The summed E-state index contributed by atoms with van der Waals surface area (Å²) in [5, 5.41) is 56.3. The van der Waals surface area contributed by atoms with Crippen molar-refractivity contribution in [3.8, 4) is 5.75 Å². The zero-order valence-electron chi connectivity index (χ0n) is 34.4. The maximum atomic E-state index is 13.2. The summed E-state index contributed by atoms with van der Waals surface area (Å²) >= 11 is 0.372. The molecule has 0 saturated carbocycles. The van der Waals surface area contributed by atoms with E-state index in [1.165, 1.54) is 54.6 Å². The van der Waals surface area contributed by atoms with Gasteiger partial charge in [0.05, 0.1) is 62.8 Å². The van der Waals surface area contributed by atoms with Gasteiger partial charge in [-0.1, -0.05) is 16.1 Å². The van der Waals surface area contributed by atoms with Crippen LogP contribution in [0.5, 0.6) is 5.75 Å². The van der Waals surface area contributed by atoms with Gasteiger partial charge in [-0.15, -0.1) is 24.0 Å². The second-order valence-corrected chi connectivity index (χ2v) is 22.6. The van der Waals surface area contributed by atoms with Crippen molar-refractivity contribution in [3.63, 3.8) is 0 Å². The van der Waals surface area contributed by atoms with Crippen LogP contribution in [0.25, 0.3) is 10.8 Å². The second-order valence-electron chi connectivity index (χ2n) is 13.2. The Kier molecular flexibility index (Phi) is 18.8. The van der Waals surface area contributed by atoms with Crippen LogP contribution >= 0.6 is 24.4 Å². The first-order chi connectivity index (χ1) is 32.8. The summed E-state index contributed by atoms with van der Waals surface area (Å²) in [5.41, 5.74) is -2.01. The van der Waals surface area contributed by atoms with Crippen molar-refractivity contribution >= 4 is 125 Å². The molecule has 0 heterocycles. The number of carbonyl (C=O) groups is 1. The van der Waals surface area contributed by atoms with E-state index >= 15 is 0 Å². The van der Waals surface area contributed by atoms with Gasteiger partial charge < -0.3 is 15.7 Å². The van der Waals surface area contributed by atoms with Gasteiger partial charge in [0, 0.05) is 22.0 Å². The minimum absolute atomic E-state index is 0.0425. The SMILES string of the molecule is O=C(Nc1cccc(S(=O)(=O)CCOS(=O)(=O)O)c1)c1ccc(N=Nc2c(SOOO)cc3c(N=Nc4ccc(S(=O)(=O)CCOSOOO)cc4)c(NCS(=O)(=O)O)ccc3c2O)c(S(=O)(=O)O)c1. The van der Waals surface area contributed by atoms with Crippen LogP contribution in [0.3, 0.4) is 0 Å². The molecule has 0 fully saturated rings. The molecular weight excluding hydrogens is 1080 g/mol. The number of amides is 1. The fourth-order valence-electron chi connectivity index (χ4n) is 5.58. The largest absolute Gasteiger partial charge is 0.505 e. The number of benzene rings is 5. The first-order valence-electron chi connectivity index (χ1n) is 18.3. The summed E-state index contributed by atoms with van der Waals surface area (Å²) in [6, 6.07) is 15.7. The first-order valence-corrected chi connectivity index (χ1v) is 27.4. The van der Waals surface area contributed by atoms with Gasteiger partial charge in [0.2, 0.25) is 0 Å². The number of nitrogens with one attached hydrogen (secondary N) is 2. The molecule has 0 atom stereocenters. The highest BCUT2D eigenvalue weighted by Crippen LogP contribution is 2.48. The number of carbonyl (C=O) groups excluding carboxylic acids is 1. The molecule has 0 saturated heterocycles. The molecule has 0 aromatic heterocycles. The molecule has 0 aliphatic heterocycles. The van der Waals surface area contributed by atoms with Gasteiger partial charge in [0.25, 0.3) is 26.1 Å². The van der Waals surface area contributed by atoms with Crippen LogP contribution in [-0.4, -0.2) is 108 Å². The van der Waals surface area contributed by atoms with Crippen molar-refractivity contribution in [2.24, 2.45) is 20.5 Å². The van der Waals surface area contributed by atoms with Crippen molar-refractivity contribution in [2.45, 2.75) is 19.6 Å². The van der Waals surface area contributed by atoms with Crippen molar-refractivity contribution in [3.05, 3.63) is 90.5 Å². The third-order valence-corrected chi connectivity index (χ3v) is 14.8. The van der Waals surface area contributed by atoms with Crippen LogP contribution in [-0.2, 0) is 77.4 Å². The molecule has 1 amide bonds. The summed E-state index contributed by atoms with van der Waals surface area (Å²) in [7, 11) is -22.9. The van der Waals surface area contributed by atoms with Crippen LogP contribution < -0.4 is 10.6 Å². The first kappa shape index (κ1) is 55.6. The second kappa shape index (κ2) is 23.7. The van der Waals surface area contributed by atoms with E-state index in [0.29, 0.717) is 6.07 Å². The zero-order chi connectivity index (χ0) is 51.5. The smallest absolute Gasteiger partial charge is 0.397 e. The predicted octanol–water partition coefficient (Wildman–Crippen LogP) is 5.93. The molecule has 0 radical (unpaired) electrons. The van der Waals surface area contributed by atoms with Crippen molar-refractivity contribution in [1.29, 1.82) is 0 Å². The molecule has 0 bridgehead atoms. The molecule has 5 rings (SSSR count). The number of rotatable bonds is 25. The zero-order valence-corrected chi connectivity index (χ0v) is 40.1. The topological polar surface area (TPSA) is 438 Å². The highest BCUT2D eigenvalue weighted by molar-refractivity contribution is 7.94. The Morgan fingerprint density at radius 3 is 2.00 bits per heavy atom. The summed E-state index contributed by atoms with van der Waals surface area (Å²) < 4.78 is 167. The Balaban J connectivity index is 1.50. The molecule has 29 nitrogen and oxygen atoms in total. The lowest BCUT2D eigenvalue weighted by Gasteiger charge is -2.14. The third kappa shape index (κ3) is 15.8. The monoisotopic (exact) mass is 1120 g/mol.